The summed E-state index contributed by atoms with van der Waals surface area (Å²) in [5.74, 6) is 0.156. The first-order valence-electron chi connectivity index (χ1n) is 9.21. The SMILES string of the molecule is NS(=O)(=O)c1cccc(NC(=O)NCCC(c2ccccc2)c2ccccc2)c1. The molecule has 4 N–H and O–H groups in total. The number of nitrogens with two attached hydrogens (primary N) is 1. The van der Waals surface area contributed by atoms with Crippen LogP contribution in [0, 0.1) is 0 Å². The summed E-state index contributed by atoms with van der Waals surface area (Å²) in [4.78, 5) is 12.2. The highest BCUT2D eigenvalue weighted by molar-refractivity contribution is 7.89. The molecule has 7 heteroatoms. The molecule has 150 valence electrons. The maximum absolute atomic E-state index is 12.2. The van der Waals surface area contributed by atoms with Gasteiger partial charge in [0.1, 0.15) is 0 Å². The number of benzene rings is 3. The van der Waals surface area contributed by atoms with Crippen LogP contribution in [0.25, 0.3) is 0 Å². The minimum atomic E-state index is -3.82. The minimum absolute atomic E-state index is 0.0523. The molecule has 2 amide bonds. The van der Waals surface area contributed by atoms with E-state index < -0.39 is 16.1 Å². The van der Waals surface area contributed by atoms with Crippen LogP contribution in [0.3, 0.4) is 0 Å². The van der Waals surface area contributed by atoms with Crippen LogP contribution >= 0.6 is 0 Å². The van der Waals surface area contributed by atoms with Gasteiger partial charge in [0.2, 0.25) is 10.0 Å². The molecule has 0 heterocycles. The van der Waals surface area contributed by atoms with Gasteiger partial charge in [0.25, 0.3) is 0 Å². The third kappa shape index (κ3) is 5.91. The van der Waals surface area contributed by atoms with E-state index in [1.165, 1.54) is 29.3 Å². The van der Waals surface area contributed by atoms with Gasteiger partial charge in [0.15, 0.2) is 0 Å². The molecule has 0 aliphatic rings. The number of primary sulfonamides is 1. The van der Waals surface area contributed by atoms with Crippen molar-refractivity contribution in [2.24, 2.45) is 5.14 Å². The second kappa shape index (κ2) is 9.36. The molecular formula is C22H23N3O3S. The summed E-state index contributed by atoms with van der Waals surface area (Å²) in [5, 5.41) is 10.6. The largest absolute Gasteiger partial charge is 0.338 e. The van der Waals surface area contributed by atoms with Gasteiger partial charge >= 0.3 is 6.03 Å². The molecular weight excluding hydrogens is 386 g/mol. The molecule has 0 aliphatic heterocycles. The van der Waals surface area contributed by atoms with Gasteiger partial charge in [-0.05, 0) is 35.7 Å². The average Bonchev–Trinajstić information content (AvgIpc) is 2.72. The molecule has 0 saturated carbocycles. The van der Waals surface area contributed by atoms with Crippen molar-refractivity contribution >= 4 is 21.7 Å². The lowest BCUT2D eigenvalue weighted by atomic mass is 9.88. The first kappa shape index (κ1) is 20.6. The number of hydrogen-bond acceptors (Lipinski definition) is 3. The van der Waals surface area contributed by atoms with Crippen molar-refractivity contribution < 1.29 is 13.2 Å². The zero-order chi connectivity index (χ0) is 20.7. The molecule has 0 bridgehead atoms. The molecule has 0 fully saturated rings. The lowest BCUT2D eigenvalue weighted by molar-refractivity contribution is 0.252. The first-order chi connectivity index (χ1) is 13.9. The van der Waals surface area contributed by atoms with Gasteiger partial charge in [0, 0.05) is 18.2 Å². The van der Waals surface area contributed by atoms with Gasteiger partial charge in [-0.1, -0.05) is 66.7 Å². The van der Waals surface area contributed by atoms with E-state index in [1.807, 2.05) is 36.4 Å². The van der Waals surface area contributed by atoms with E-state index >= 15 is 0 Å². The van der Waals surface area contributed by atoms with Crippen molar-refractivity contribution in [3.05, 3.63) is 96.1 Å². The highest BCUT2D eigenvalue weighted by Gasteiger charge is 2.14. The number of carbonyl (C=O) groups excluding carboxylic acids is 1. The van der Waals surface area contributed by atoms with E-state index in [-0.39, 0.29) is 10.8 Å². The van der Waals surface area contributed by atoms with Gasteiger partial charge < -0.3 is 10.6 Å². The van der Waals surface area contributed by atoms with Crippen molar-refractivity contribution in [2.45, 2.75) is 17.2 Å². The maximum atomic E-state index is 12.2. The quantitative estimate of drug-likeness (QED) is 0.555. The number of carbonyl (C=O) groups is 1. The number of sulfonamides is 1. The molecule has 0 atom stereocenters. The van der Waals surface area contributed by atoms with Gasteiger partial charge in [-0.25, -0.2) is 18.4 Å². The van der Waals surface area contributed by atoms with Crippen molar-refractivity contribution in [3.63, 3.8) is 0 Å². The van der Waals surface area contributed by atoms with Crippen molar-refractivity contribution in [3.8, 4) is 0 Å². The lowest BCUT2D eigenvalue weighted by Crippen LogP contribution is -2.30. The smallest absolute Gasteiger partial charge is 0.319 e. The van der Waals surface area contributed by atoms with E-state index in [2.05, 4.69) is 34.9 Å². The number of rotatable bonds is 7. The number of urea groups is 1. The minimum Gasteiger partial charge on any atom is -0.338 e. The average molecular weight is 410 g/mol. The Bertz CT molecular complexity index is 1020. The third-order valence-electron chi connectivity index (χ3n) is 4.54. The van der Waals surface area contributed by atoms with E-state index in [1.54, 1.807) is 6.07 Å². The van der Waals surface area contributed by atoms with E-state index in [0.717, 1.165) is 6.42 Å². The molecule has 6 nitrogen and oxygen atoms in total. The Morgan fingerprint density at radius 3 is 2.00 bits per heavy atom. The van der Waals surface area contributed by atoms with Crippen LogP contribution in [-0.2, 0) is 10.0 Å². The molecule has 29 heavy (non-hydrogen) atoms. The van der Waals surface area contributed by atoms with Crippen molar-refractivity contribution in [1.82, 2.24) is 5.32 Å². The molecule has 0 radical (unpaired) electrons. The Kier molecular flexibility index (Phi) is 6.64. The molecule has 3 rings (SSSR count). The Morgan fingerprint density at radius 2 is 1.45 bits per heavy atom. The monoisotopic (exact) mass is 409 g/mol. The lowest BCUT2D eigenvalue weighted by Gasteiger charge is -2.18. The topological polar surface area (TPSA) is 101 Å². The van der Waals surface area contributed by atoms with Gasteiger partial charge in [0.05, 0.1) is 4.90 Å². The standard InChI is InChI=1S/C22H23N3O3S/c23-29(27,28)20-13-7-12-19(16-20)25-22(26)24-15-14-21(17-8-3-1-4-9-17)18-10-5-2-6-11-18/h1-13,16,21H,14-15H2,(H2,23,27,28)(H2,24,25,26). The van der Waals surface area contributed by atoms with Crippen LogP contribution < -0.4 is 15.8 Å². The fourth-order valence-corrected chi connectivity index (χ4v) is 3.71. The molecule has 0 aromatic heterocycles. The summed E-state index contributed by atoms with van der Waals surface area (Å²) in [7, 11) is -3.82. The summed E-state index contributed by atoms with van der Waals surface area (Å²) in [6.45, 7) is 0.454. The second-order valence-electron chi connectivity index (χ2n) is 6.62. The first-order valence-corrected chi connectivity index (χ1v) is 10.8. The fraction of sp³-hybridized carbons (Fsp3) is 0.136. The normalized spacial score (nSPS) is 11.2. The number of hydrogen-bond donors (Lipinski definition) is 3. The molecule has 0 saturated heterocycles. The third-order valence-corrected chi connectivity index (χ3v) is 5.45. The molecule has 0 aliphatic carbocycles. The van der Waals surface area contributed by atoms with E-state index in [9.17, 15) is 13.2 Å². The summed E-state index contributed by atoms with van der Waals surface area (Å²) in [6.07, 6.45) is 0.721. The Balaban J connectivity index is 1.62. The Hall–Kier alpha value is -3.16. The summed E-state index contributed by atoms with van der Waals surface area (Å²) < 4.78 is 22.9. The number of anilines is 1. The van der Waals surface area contributed by atoms with Crippen LogP contribution in [0.2, 0.25) is 0 Å². The predicted molar refractivity (Wildman–Crippen MR) is 114 cm³/mol. The van der Waals surface area contributed by atoms with E-state index in [0.29, 0.717) is 12.2 Å². The van der Waals surface area contributed by atoms with Crippen LogP contribution in [0.5, 0.6) is 0 Å². The van der Waals surface area contributed by atoms with Crippen LogP contribution in [0.15, 0.2) is 89.8 Å². The summed E-state index contributed by atoms with van der Waals surface area (Å²) in [5.41, 5.74) is 2.72. The molecule has 0 unspecified atom stereocenters. The number of nitrogens with one attached hydrogen (secondary N) is 2. The highest BCUT2D eigenvalue weighted by atomic mass is 32.2. The van der Waals surface area contributed by atoms with Gasteiger partial charge in [-0.2, -0.15) is 0 Å². The zero-order valence-electron chi connectivity index (χ0n) is 15.8. The van der Waals surface area contributed by atoms with Crippen molar-refractivity contribution in [2.75, 3.05) is 11.9 Å². The van der Waals surface area contributed by atoms with Gasteiger partial charge in [-0.15, -0.1) is 0 Å². The van der Waals surface area contributed by atoms with Crippen LogP contribution in [0.4, 0.5) is 10.5 Å². The van der Waals surface area contributed by atoms with Gasteiger partial charge in [-0.3, -0.25) is 0 Å². The highest BCUT2D eigenvalue weighted by Crippen LogP contribution is 2.27. The molecule has 0 spiro atoms. The Labute approximate surface area is 170 Å². The summed E-state index contributed by atoms with van der Waals surface area (Å²) >= 11 is 0. The maximum Gasteiger partial charge on any atom is 0.319 e. The van der Waals surface area contributed by atoms with Crippen LogP contribution in [0.1, 0.15) is 23.5 Å². The molecule has 3 aromatic rings. The zero-order valence-corrected chi connectivity index (χ0v) is 16.6. The van der Waals surface area contributed by atoms with Crippen LogP contribution in [-0.4, -0.2) is 21.0 Å². The van der Waals surface area contributed by atoms with E-state index in [4.69, 9.17) is 5.14 Å². The predicted octanol–water partition coefficient (Wildman–Crippen LogP) is 3.68. The second-order valence-corrected chi connectivity index (χ2v) is 8.18. The number of amides is 2. The molecule has 3 aromatic carbocycles. The van der Waals surface area contributed by atoms with Crippen molar-refractivity contribution in [1.29, 1.82) is 0 Å². The fourth-order valence-electron chi connectivity index (χ4n) is 3.15. The summed E-state index contributed by atoms with van der Waals surface area (Å²) in [6, 6.07) is 25.7. The Morgan fingerprint density at radius 1 is 0.862 bits per heavy atom.